The van der Waals surface area contributed by atoms with E-state index in [0.717, 1.165) is 6.54 Å². The summed E-state index contributed by atoms with van der Waals surface area (Å²) in [5.74, 6) is 0. The Labute approximate surface area is 102 Å². The van der Waals surface area contributed by atoms with Crippen molar-refractivity contribution in [2.24, 2.45) is 5.73 Å². The Morgan fingerprint density at radius 1 is 0.571 bits per heavy atom. The molecule has 0 aromatic carbocycles. The third-order valence-corrected chi connectivity index (χ3v) is 3.33. The molecule has 0 aliphatic heterocycles. The molecule has 0 aromatic rings. The van der Waals surface area contributed by atoms with Gasteiger partial charge in [0.25, 0.3) is 0 Å². The van der Waals surface area contributed by atoms with Crippen molar-refractivity contribution in [3.8, 4) is 0 Å². The van der Waals surface area contributed by atoms with Crippen LogP contribution in [-0.4, -0.2) is 6.54 Å². The quantitative estimate of drug-likeness (QED) is 0.428. The van der Waals surface area contributed by atoms with E-state index in [9.17, 15) is 0 Å². The van der Waals surface area contributed by atoms with Gasteiger partial charge in [-0.15, -0.1) is 0 Å². The first-order chi connectivity index (χ1) is 6.91. The van der Waals surface area contributed by atoms with E-state index in [2.05, 4.69) is 21.1 Å². The average Bonchev–Trinajstić information content (AvgIpc) is 2.21. The van der Waals surface area contributed by atoms with Crippen LogP contribution in [0, 0.1) is 0 Å². The molecule has 0 aliphatic rings. The van der Waals surface area contributed by atoms with Gasteiger partial charge in [-0.1, -0.05) is 0 Å². The molecule has 0 saturated heterocycles. The van der Waals surface area contributed by atoms with Crippen LogP contribution < -0.4 is 5.73 Å². The van der Waals surface area contributed by atoms with E-state index in [4.69, 9.17) is 5.73 Å². The van der Waals surface area contributed by atoms with Crippen molar-refractivity contribution in [1.29, 1.82) is 0 Å². The zero-order chi connectivity index (χ0) is 10.5. The Morgan fingerprint density at radius 2 is 0.929 bits per heavy atom. The molecule has 0 fully saturated rings. The summed E-state index contributed by atoms with van der Waals surface area (Å²) in [4.78, 5) is 0. The second-order valence-electron chi connectivity index (χ2n) is 3.97. The predicted octanol–water partition coefficient (Wildman–Crippen LogP) is 3.81. The van der Waals surface area contributed by atoms with Gasteiger partial charge in [-0.25, -0.2) is 0 Å². The summed E-state index contributed by atoms with van der Waals surface area (Å²) in [6.45, 7) is 0.871. The van der Waals surface area contributed by atoms with E-state index in [0.29, 0.717) is 0 Å². The minimum atomic E-state index is 0.871. The van der Waals surface area contributed by atoms with Gasteiger partial charge in [0.1, 0.15) is 0 Å². The maximum absolute atomic E-state index is 5.44. The molecule has 0 heterocycles. The number of unbranched alkanes of at least 4 members (excludes halogenated alkanes) is 9. The minimum absolute atomic E-state index is 0.871. The molecule has 0 radical (unpaired) electrons. The van der Waals surface area contributed by atoms with Crippen LogP contribution in [0.25, 0.3) is 0 Å². The molecule has 0 bridgehead atoms. The van der Waals surface area contributed by atoms with Crippen LogP contribution in [0.5, 0.6) is 0 Å². The molecular weight excluding hydrogens is 355 g/mol. The zero-order valence-corrected chi connectivity index (χ0v) is 11.5. The SMILES string of the molecule is NCCCCCCCCCCC[CH2][Au]. The van der Waals surface area contributed by atoms with E-state index in [1.54, 1.807) is 0 Å². The van der Waals surface area contributed by atoms with E-state index < -0.39 is 0 Å². The number of rotatable bonds is 11. The third-order valence-electron chi connectivity index (χ3n) is 2.56. The van der Waals surface area contributed by atoms with Crippen LogP contribution in [-0.2, 0) is 21.1 Å². The molecule has 14 heavy (non-hydrogen) atoms. The fourth-order valence-corrected chi connectivity index (χ4v) is 2.18. The molecule has 0 rings (SSSR count). The van der Waals surface area contributed by atoms with Gasteiger partial charge in [0.05, 0.1) is 0 Å². The molecule has 0 saturated carbocycles. The van der Waals surface area contributed by atoms with Gasteiger partial charge in [-0.3, -0.25) is 0 Å². The first kappa shape index (κ1) is 14.7. The fraction of sp³-hybridized carbons (Fsp3) is 1.00. The Balaban J connectivity index is 2.78. The second kappa shape index (κ2) is 13.7. The first-order valence-electron chi connectivity index (χ1n) is 6.12. The van der Waals surface area contributed by atoms with Crippen LogP contribution in [0.1, 0.15) is 64.2 Å². The Bertz CT molecular complexity index is 84.3. The van der Waals surface area contributed by atoms with Gasteiger partial charge in [0, 0.05) is 0 Å². The fourth-order valence-electron chi connectivity index (χ4n) is 1.63. The Kier molecular flexibility index (Phi) is 14.4. The van der Waals surface area contributed by atoms with E-state index in [1.807, 2.05) is 0 Å². The van der Waals surface area contributed by atoms with E-state index in [-0.39, 0.29) is 0 Å². The van der Waals surface area contributed by atoms with Gasteiger partial charge in [-0.05, 0) is 0 Å². The maximum atomic E-state index is 5.44. The van der Waals surface area contributed by atoms with Crippen molar-refractivity contribution in [3.63, 3.8) is 0 Å². The van der Waals surface area contributed by atoms with Gasteiger partial charge in [0.2, 0.25) is 0 Å². The molecule has 0 unspecified atom stereocenters. The first-order valence-corrected chi connectivity index (χ1v) is 7.65. The third kappa shape index (κ3) is 12.7. The number of hydrogen-bond acceptors (Lipinski definition) is 1. The van der Waals surface area contributed by atoms with Gasteiger partial charge in [-0.2, -0.15) is 0 Å². The molecular formula is C12H26AuN. The standard InChI is InChI=1S/C12H26N.Au/c1-2-3-4-5-6-7-8-9-10-11-12-13;/h1-13H2;. The van der Waals surface area contributed by atoms with Crippen molar-refractivity contribution in [3.05, 3.63) is 0 Å². The molecule has 2 heteroatoms. The molecule has 0 amide bonds. The number of nitrogens with two attached hydrogens (primary N) is 1. The van der Waals surface area contributed by atoms with Crippen molar-refractivity contribution in [1.82, 2.24) is 0 Å². The van der Waals surface area contributed by atoms with Crippen LogP contribution in [0.3, 0.4) is 0 Å². The summed E-state index contributed by atoms with van der Waals surface area (Å²) in [5, 5.41) is 0. The van der Waals surface area contributed by atoms with Crippen LogP contribution >= 0.6 is 0 Å². The topological polar surface area (TPSA) is 26.0 Å². The molecule has 0 aromatic heterocycles. The second-order valence-corrected chi connectivity index (χ2v) is 5.06. The zero-order valence-electron chi connectivity index (χ0n) is 9.36. The van der Waals surface area contributed by atoms with Crippen molar-refractivity contribution in [2.75, 3.05) is 6.54 Å². The summed E-state index contributed by atoms with van der Waals surface area (Å²) >= 11 is 2.63. The van der Waals surface area contributed by atoms with Gasteiger partial charge >= 0.3 is 96.5 Å². The summed E-state index contributed by atoms with van der Waals surface area (Å²) in [7, 11) is 0. The molecule has 2 N–H and O–H groups in total. The molecule has 0 spiro atoms. The van der Waals surface area contributed by atoms with Crippen LogP contribution in [0.4, 0.5) is 0 Å². The van der Waals surface area contributed by atoms with Gasteiger partial charge in [0.15, 0.2) is 0 Å². The molecule has 0 aliphatic carbocycles. The summed E-state index contributed by atoms with van der Waals surface area (Å²) < 4.78 is 1.30. The monoisotopic (exact) mass is 381 g/mol. The van der Waals surface area contributed by atoms with Crippen molar-refractivity contribution in [2.45, 2.75) is 68.8 Å². The molecule has 90 valence electrons. The van der Waals surface area contributed by atoms with E-state index >= 15 is 0 Å². The van der Waals surface area contributed by atoms with Crippen molar-refractivity contribution < 1.29 is 21.1 Å². The van der Waals surface area contributed by atoms with Gasteiger partial charge < -0.3 is 5.73 Å². The Morgan fingerprint density at radius 3 is 1.29 bits per heavy atom. The summed E-state index contributed by atoms with van der Waals surface area (Å²) in [6, 6.07) is 0. The average molecular weight is 381 g/mol. The predicted molar refractivity (Wildman–Crippen MR) is 60.0 cm³/mol. The van der Waals surface area contributed by atoms with E-state index in [1.165, 1.54) is 68.8 Å². The summed E-state index contributed by atoms with van der Waals surface area (Å²) in [5.41, 5.74) is 5.44. The Hall–Kier alpha value is 0.700. The molecule has 1 nitrogen and oxygen atoms in total. The van der Waals surface area contributed by atoms with Crippen molar-refractivity contribution >= 4 is 0 Å². The normalized spacial score (nSPS) is 10.8. The van der Waals surface area contributed by atoms with Crippen LogP contribution in [0.2, 0.25) is 4.64 Å². The number of hydrogen-bond donors (Lipinski definition) is 1. The molecule has 0 atom stereocenters. The summed E-state index contributed by atoms with van der Waals surface area (Å²) in [6.07, 6.45) is 14.0. The van der Waals surface area contributed by atoms with Crippen LogP contribution in [0.15, 0.2) is 0 Å².